The van der Waals surface area contributed by atoms with Crippen molar-refractivity contribution in [3.8, 4) is 11.6 Å². The summed E-state index contributed by atoms with van der Waals surface area (Å²) in [5.41, 5.74) is 1.61. The van der Waals surface area contributed by atoms with Crippen molar-refractivity contribution in [3.05, 3.63) is 41.6 Å². The van der Waals surface area contributed by atoms with Crippen LogP contribution < -0.4 is 9.39 Å². The van der Waals surface area contributed by atoms with Crippen LogP contribution in [0.5, 0.6) is 11.6 Å². The van der Waals surface area contributed by atoms with E-state index in [4.69, 9.17) is 24.2 Å². The van der Waals surface area contributed by atoms with Crippen molar-refractivity contribution in [2.75, 3.05) is 13.7 Å². The smallest absolute Gasteiger partial charge is 0.495 e. The zero-order valence-electron chi connectivity index (χ0n) is 13.3. The van der Waals surface area contributed by atoms with Crippen LogP contribution in [0.4, 0.5) is 0 Å². The number of hydrogen-bond acceptors (Lipinski definition) is 6. The van der Waals surface area contributed by atoms with E-state index < -0.39 is 7.32 Å². The number of aryl methyl sites for hydroxylation is 2. The molecular formula is C15H21BN2O5. The monoisotopic (exact) mass is 320 g/mol. The highest BCUT2D eigenvalue weighted by Crippen LogP contribution is 2.32. The number of aromatic nitrogens is 2. The van der Waals surface area contributed by atoms with Gasteiger partial charge in [-0.2, -0.15) is 5.10 Å². The van der Waals surface area contributed by atoms with E-state index in [9.17, 15) is 0 Å². The number of benzene rings is 1. The van der Waals surface area contributed by atoms with Gasteiger partial charge in [0, 0.05) is 20.3 Å². The molecule has 0 radical (unpaired) electrons. The quantitative estimate of drug-likeness (QED) is 0.533. The first-order chi connectivity index (χ1) is 11.1. The van der Waals surface area contributed by atoms with Crippen LogP contribution in [-0.4, -0.2) is 40.9 Å². The van der Waals surface area contributed by atoms with E-state index in [2.05, 4.69) is 5.10 Å². The minimum absolute atomic E-state index is 0.199. The molecule has 124 valence electrons. The van der Waals surface area contributed by atoms with E-state index in [-0.39, 0.29) is 5.88 Å². The predicted octanol–water partition coefficient (Wildman–Crippen LogP) is 1.16. The van der Waals surface area contributed by atoms with Gasteiger partial charge in [-0.05, 0) is 18.9 Å². The summed E-state index contributed by atoms with van der Waals surface area (Å²) in [7, 11) is -0.316. The summed E-state index contributed by atoms with van der Waals surface area (Å²) < 4.78 is 17.4. The van der Waals surface area contributed by atoms with E-state index in [0.29, 0.717) is 37.6 Å². The molecule has 1 aromatic heterocycles. The Hall–Kier alpha value is -2.03. The molecule has 23 heavy (non-hydrogen) atoms. The van der Waals surface area contributed by atoms with Crippen LogP contribution in [0.15, 0.2) is 30.3 Å². The Morgan fingerprint density at radius 2 is 1.96 bits per heavy atom. The van der Waals surface area contributed by atoms with Crippen molar-refractivity contribution in [1.82, 2.24) is 9.78 Å². The van der Waals surface area contributed by atoms with Gasteiger partial charge >= 0.3 is 7.32 Å². The Morgan fingerprint density at radius 1 is 1.22 bits per heavy atom. The summed E-state index contributed by atoms with van der Waals surface area (Å²) in [6.45, 7) is 3.21. The summed E-state index contributed by atoms with van der Waals surface area (Å²) >= 11 is 0. The Bertz CT molecular complexity index is 603. The zero-order chi connectivity index (χ0) is 16.7. The molecule has 0 aliphatic carbocycles. The molecule has 0 spiro atoms. The van der Waals surface area contributed by atoms with Crippen LogP contribution in [0.25, 0.3) is 0 Å². The van der Waals surface area contributed by atoms with Gasteiger partial charge in [-0.1, -0.05) is 30.3 Å². The first-order valence-corrected chi connectivity index (χ1v) is 7.37. The summed E-state index contributed by atoms with van der Waals surface area (Å²) in [6, 6.07) is 9.67. The van der Waals surface area contributed by atoms with Gasteiger partial charge in [0.05, 0.1) is 0 Å². The van der Waals surface area contributed by atoms with Crippen molar-refractivity contribution in [2.24, 2.45) is 0 Å². The van der Waals surface area contributed by atoms with Gasteiger partial charge in [-0.25, -0.2) is 4.68 Å². The molecular weight excluding hydrogens is 299 g/mol. The molecule has 0 bridgehead atoms. The van der Waals surface area contributed by atoms with Crippen LogP contribution >= 0.6 is 0 Å². The standard InChI is InChI=1S/C15H21BN2O5/c1-12-14(22-11-13-7-4-3-5-8-13)15(23-16(19)20)18(17-12)9-6-10-21-2/h3-5,7-8,19-20H,6,9-11H2,1-2H3. The maximum atomic E-state index is 9.13. The van der Waals surface area contributed by atoms with Gasteiger partial charge < -0.3 is 24.2 Å². The Morgan fingerprint density at radius 3 is 2.61 bits per heavy atom. The fourth-order valence-electron chi connectivity index (χ4n) is 2.16. The molecule has 0 atom stereocenters. The molecule has 2 N–H and O–H groups in total. The minimum atomic E-state index is -1.94. The third-order valence-electron chi connectivity index (χ3n) is 3.19. The Kier molecular flexibility index (Phi) is 6.45. The van der Waals surface area contributed by atoms with Crippen LogP contribution in [0.1, 0.15) is 17.7 Å². The number of ether oxygens (including phenoxy) is 2. The highest BCUT2D eigenvalue weighted by molar-refractivity contribution is 6.33. The van der Waals surface area contributed by atoms with E-state index in [1.807, 2.05) is 30.3 Å². The van der Waals surface area contributed by atoms with Gasteiger partial charge in [0.1, 0.15) is 12.3 Å². The van der Waals surface area contributed by atoms with Crippen molar-refractivity contribution in [1.29, 1.82) is 0 Å². The lowest BCUT2D eigenvalue weighted by molar-refractivity contribution is 0.186. The summed E-state index contributed by atoms with van der Waals surface area (Å²) in [6.07, 6.45) is 0.716. The summed E-state index contributed by atoms with van der Waals surface area (Å²) in [5, 5.41) is 22.6. The highest BCUT2D eigenvalue weighted by Gasteiger charge is 2.23. The lowest BCUT2D eigenvalue weighted by atomic mass is 10.2. The van der Waals surface area contributed by atoms with Crippen molar-refractivity contribution in [2.45, 2.75) is 26.5 Å². The third kappa shape index (κ3) is 4.99. The highest BCUT2D eigenvalue weighted by atomic mass is 16.6. The molecule has 7 nitrogen and oxygen atoms in total. The summed E-state index contributed by atoms with van der Waals surface area (Å²) in [5.74, 6) is 0.601. The molecule has 8 heteroatoms. The first-order valence-electron chi connectivity index (χ1n) is 7.37. The molecule has 0 aliphatic heterocycles. The second-order valence-corrected chi connectivity index (χ2v) is 5.01. The predicted molar refractivity (Wildman–Crippen MR) is 85.1 cm³/mol. The topological polar surface area (TPSA) is 86.0 Å². The van der Waals surface area contributed by atoms with Gasteiger partial charge in [-0.15, -0.1) is 0 Å². The number of methoxy groups -OCH3 is 1. The van der Waals surface area contributed by atoms with E-state index in [1.165, 1.54) is 0 Å². The largest absolute Gasteiger partial charge is 0.708 e. The number of rotatable bonds is 9. The van der Waals surface area contributed by atoms with E-state index >= 15 is 0 Å². The normalized spacial score (nSPS) is 10.6. The SMILES string of the molecule is COCCCn1nc(C)c(OCc2ccccc2)c1OB(O)O. The van der Waals surface area contributed by atoms with Crippen molar-refractivity contribution < 1.29 is 24.2 Å². The fourth-order valence-corrected chi connectivity index (χ4v) is 2.16. The van der Waals surface area contributed by atoms with Crippen LogP contribution in [0, 0.1) is 6.92 Å². The molecule has 1 heterocycles. The molecule has 0 saturated carbocycles. The maximum Gasteiger partial charge on any atom is 0.708 e. The first kappa shape index (κ1) is 17.3. The van der Waals surface area contributed by atoms with Crippen LogP contribution in [0.3, 0.4) is 0 Å². The van der Waals surface area contributed by atoms with Crippen molar-refractivity contribution >= 4 is 7.32 Å². The van der Waals surface area contributed by atoms with Gasteiger partial charge in [0.25, 0.3) is 0 Å². The Labute approximate surface area is 135 Å². The maximum absolute atomic E-state index is 9.13. The number of hydrogen-bond donors (Lipinski definition) is 2. The number of nitrogens with zero attached hydrogens (tertiary/aromatic N) is 2. The summed E-state index contributed by atoms with van der Waals surface area (Å²) in [4.78, 5) is 0. The van der Waals surface area contributed by atoms with Gasteiger partial charge in [0.2, 0.25) is 11.6 Å². The molecule has 0 amide bonds. The van der Waals surface area contributed by atoms with E-state index in [0.717, 1.165) is 5.56 Å². The fraction of sp³-hybridized carbons (Fsp3) is 0.400. The second kappa shape index (κ2) is 8.57. The van der Waals surface area contributed by atoms with Crippen molar-refractivity contribution in [3.63, 3.8) is 0 Å². The average molecular weight is 320 g/mol. The lowest BCUT2D eigenvalue weighted by Gasteiger charge is -2.11. The minimum Gasteiger partial charge on any atom is -0.495 e. The second-order valence-electron chi connectivity index (χ2n) is 5.01. The van der Waals surface area contributed by atoms with Crippen LogP contribution in [-0.2, 0) is 17.9 Å². The molecule has 1 aromatic carbocycles. The average Bonchev–Trinajstić information content (AvgIpc) is 2.81. The van der Waals surface area contributed by atoms with E-state index in [1.54, 1.807) is 18.7 Å². The molecule has 0 unspecified atom stereocenters. The lowest BCUT2D eigenvalue weighted by Crippen LogP contribution is -2.23. The van der Waals surface area contributed by atoms with Gasteiger partial charge in [-0.3, -0.25) is 0 Å². The molecule has 0 aliphatic rings. The molecule has 0 saturated heterocycles. The molecule has 0 fully saturated rings. The van der Waals surface area contributed by atoms with Gasteiger partial charge in [0.15, 0.2) is 0 Å². The Balaban J connectivity index is 2.15. The molecule has 2 rings (SSSR count). The third-order valence-corrected chi connectivity index (χ3v) is 3.19. The van der Waals surface area contributed by atoms with Crippen LogP contribution in [0.2, 0.25) is 0 Å². The zero-order valence-corrected chi connectivity index (χ0v) is 13.3. The molecule has 2 aromatic rings.